The van der Waals surface area contributed by atoms with Crippen molar-refractivity contribution in [3.05, 3.63) is 114 Å². The molecule has 1 heterocycles. The molecular weight excluding hydrogens is 532 g/mol. The summed E-state index contributed by atoms with van der Waals surface area (Å²) in [5.41, 5.74) is 6.45. The zero-order valence-electron chi connectivity index (χ0n) is 25.5. The van der Waals surface area contributed by atoms with Crippen LogP contribution in [-0.4, -0.2) is 28.6 Å². The number of carbonyl (C=O) groups excluding carboxylic acids is 1. The van der Waals surface area contributed by atoms with Crippen molar-refractivity contribution in [2.24, 2.45) is 5.92 Å². The minimum Gasteiger partial charge on any atom is -0.493 e. The van der Waals surface area contributed by atoms with E-state index < -0.39 is 0 Å². The predicted molar refractivity (Wildman–Crippen MR) is 175 cm³/mol. The maximum Gasteiger partial charge on any atom is 0.322 e. The molecule has 0 spiro atoms. The van der Waals surface area contributed by atoms with Crippen molar-refractivity contribution in [1.82, 2.24) is 15.2 Å². The molecule has 0 unspecified atom stereocenters. The molecule has 1 saturated carbocycles. The number of anilines is 1. The summed E-state index contributed by atoms with van der Waals surface area (Å²) in [7, 11) is 0. The van der Waals surface area contributed by atoms with Crippen molar-refractivity contribution in [3.63, 3.8) is 0 Å². The number of urea groups is 1. The number of benzene rings is 3. The number of hydrogen-bond acceptors (Lipinski definition) is 4. The number of hydrogen-bond donors (Lipinski definition) is 2. The van der Waals surface area contributed by atoms with E-state index in [2.05, 4.69) is 78.0 Å². The fourth-order valence-corrected chi connectivity index (χ4v) is 5.42. The third kappa shape index (κ3) is 9.42. The quantitative estimate of drug-likeness (QED) is 0.178. The number of nitrogens with one attached hydrogen (secondary N) is 2. The van der Waals surface area contributed by atoms with Crippen molar-refractivity contribution in [1.29, 1.82) is 0 Å². The summed E-state index contributed by atoms with van der Waals surface area (Å²) in [5, 5.41) is 6.78. The number of nitrogens with zero attached hydrogens (tertiary/aromatic N) is 2. The molecule has 6 heteroatoms. The smallest absolute Gasteiger partial charge is 0.322 e. The molecule has 43 heavy (non-hydrogen) atoms. The van der Waals surface area contributed by atoms with Crippen LogP contribution in [-0.2, 0) is 19.6 Å². The van der Waals surface area contributed by atoms with Crippen molar-refractivity contribution >= 4 is 11.7 Å². The van der Waals surface area contributed by atoms with Crippen LogP contribution in [0.1, 0.15) is 62.6 Å². The molecule has 1 fully saturated rings. The average Bonchev–Trinajstić information content (AvgIpc) is 3.05. The Hall–Kier alpha value is -4.16. The second kappa shape index (κ2) is 15.4. The fraction of sp³-hybridized carbons (Fsp3) is 0.351. The number of carbonyl (C=O) groups is 1. The highest BCUT2D eigenvalue weighted by Crippen LogP contribution is 2.23. The lowest BCUT2D eigenvalue weighted by atomic mass is 9.95. The molecule has 6 nitrogen and oxygen atoms in total. The lowest BCUT2D eigenvalue weighted by molar-refractivity contribution is 0.206. The van der Waals surface area contributed by atoms with Crippen LogP contribution in [0.2, 0.25) is 0 Å². The van der Waals surface area contributed by atoms with E-state index in [1.54, 1.807) is 12.4 Å². The zero-order valence-corrected chi connectivity index (χ0v) is 25.5. The lowest BCUT2D eigenvalue weighted by Crippen LogP contribution is -2.34. The third-order valence-electron chi connectivity index (χ3n) is 7.89. The van der Waals surface area contributed by atoms with Gasteiger partial charge in [-0.05, 0) is 76.9 Å². The molecule has 5 rings (SSSR count). The molecule has 0 atom stereocenters. The maximum atomic E-state index is 13.5. The van der Waals surface area contributed by atoms with Gasteiger partial charge in [-0.2, -0.15) is 0 Å². The number of pyridine rings is 1. The summed E-state index contributed by atoms with van der Waals surface area (Å²) in [5.74, 6) is 1.25. The van der Waals surface area contributed by atoms with Crippen LogP contribution < -0.4 is 15.4 Å². The molecule has 2 amide bonds. The molecule has 1 aromatic heterocycles. The van der Waals surface area contributed by atoms with E-state index in [9.17, 15) is 4.79 Å². The van der Waals surface area contributed by atoms with Crippen molar-refractivity contribution in [2.75, 3.05) is 11.9 Å². The van der Waals surface area contributed by atoms with Gasteiger partial charge in [0.05, 0.1) is 6.61 Å². The first-order chi connectivity index (χ1) is 21.0. The molecule has 0 aliphatic heterocycles. The van der Waals surface area contributed by atoms with E-state index in [4.69, 9.17) is 4.74 Å². The molecule has 1 aliphatic rings. The van der Waals surface area contributed by atoms with Gasteiger partial charge in [-0.25, -0.2) is 4.79 Å². The molecule has 0 bridgehead atoms. The highest BCUT2D eigenvalue weighted by atomic mass is 16.5. The fourth-order valence-electron chi connectivity index (χ4n) is 5.42. The van der Waals surface area contributed by atoms with Gasteiger partial charge in [0, 0.05) is 43.8 Å². The minimum absolute atomic E-state index is 0.166. The molecule has 4 aromatic rings. The van der Waals surface area contributed by atoms with E-state index in [1.165, 1.54) is 48.8 Å². The van der Waals surface area contributed by atoms with Crippen LogP contribution in [0, 0.1) is 5.92 Å². The maximum absolute atomic E-state index is 13.5. The summed E-state index contributed by atoms with van der Waals surface area (Å²) in [4.78, 5) is 19.5. The Kier molecular flexibility index (Phi) is 10.8. The van der Waals surface area contributed by atoms with Crippen molar-refractivity contribution in [3.8, 4) is 16.9 Å². The molecule has 3 aromatic carbocycles. The Morgan fingerprint density at radius 1 is 0.837 bits per heavy atom. The topological polar surface area (TPSA) is 66.5 Å². The van der Waals surface area contributed by atoms with Gasteiger partial charge in [0.1, 0.15) is 5.75 Å². The Bertz CT molecular complexity index is 1400. The van der Waals surface area contributed by atoms with Crippen LogP contribution in [0.3, 0.4) is 0 Å². The van der Waals surface area contributed by atoms with Gasteiger partial charge >= 0.3 is 6.03 Å². The van der Waals surface area contributed by atoms with Crippen LogP contribution >= 0.6 is 0 Å². The minimum atomic E-state index is -0.166. The Morgan fingerprint density at radius 3 is 2.12 bits per heavy atom. The van der Waals surface area contributed by atoms with Crippen molar-refractivity contribution < 1.29 is 9.53 Å². The first-order valence-electron chi connectivity index (χ1n) is 15.6. The van der Waals surface area contributed by atoms with Gasteiger partial charge < -0.3 is 20.3 Å². The van der Waals surface area contributed by atoms with Gasteiger partial charge in [-0.15, -0.1) is 0 Å². The van der Waals surface area contributed by atoms with Crippen LogP contribution in [0.25, 0.3) is 11.1 Å². The number of rotatable bonds is 12. The molecule has 2 N–H and O–H groups in total. The predicted octanol–water partition coefficient (Wildman–Crippen LogP) is 8.44. The molecule has 1 aliphatic carbocycles. The first-order valence-corrected chi connectivity index (χ1v) is 15.6. The largest absolute Gasteiger partial charge is 0.493 e. The Morgan fingerprint density at radius 2 is 1.49 bits per heavy atom. The number of ether oxygens (including phenoxy) is 1. The third-order valence-corrected chi connectivity index (χ3v) is 7.89. The monoisotopic (exact) mass is 576 g/mol. The average molecular weight is 577 g/mol. The zero-order chi connectivity index (χ0) is 29.9. The van der Waals surface area contributed by atoms with Crippen LogP contribution in [0.5, 0.6) is 5.75 Å². The van der Waals surface area contributed by atoms with E-state index >= 15 is 0 Å². The molecular formula is C37H44N4O2. The molecule has 224 valence electrons. The summed E-state index contributed by atoms with van der Waals surface area (Å²) in [6, 6.07) is 29.3. The summed E-state index contributed by atoms with van der Waals surface area (Å²) < 4.78 is 5.78. The molecule has 0 radical (unpaired) electrons. The highest BCUT2D eigenvalue weighted by molar-refractivity contribution is 5.89. The van der Waals surface area contributed by atoms with E-state index in [1.807, 2.05) is 41.3 Å². The van der Waals surface area contributed by atoms with Gasteiger partial charge in [0.15, 0.2) is 0 Å². The summed E-state index contributed by atoms with van der Waals surface area (Å²) in [6.45, 7) is 6.75. The van der Waals surface area contributed by atoms with Crippen LogP contribution in [0.4, 0.5) is 10.5 Å². The Balaban J connectivity index is 1.21. The highest BCUT2D eigenvalue weighted by Gasteiger charge is 2.16. The van der Waals surface area contributed by atoms with Gasteiger partial charge in [-0.3, -0.25) is 4.98 Å². The Labute approximate surface area is 256 Å². The second-order valence-electron chi connectivity index (χ2n) is 12.0. The van der Waals surface area contributed by atoms with Gasteiger partial charge in [-0.1, -0.05) is 87.7 Å². The van der Waals surface area contributed by atoms with Gasteiger partial charge in [0.2, 0.25) is 0 Å². The SMILES string of the molecule is CC(C)COc1ccc(NC(=O)N(Cc2ccc(-c3ccc(CNC4CCCCC4)cc3)cc2)Cc2cccnc2)cc1. The van der Waals surface area contributed by atoms with Crippen LogP contribution in [0.15, 0.2) is 97.3 Å². The van der Waals surface area contributed by atoms with Crippen molar-refractivity contribution in [2.45, 2.75) is 71.6 Å². The summed E-state index contributed by atoms with van der Waals surface area (Å²) >= 11 is 0. The lowest BCUT2D eigenvalue weighted by Gasteiger charge is -2.24. The normalized spacial score (nSPS) is 13.6. The first kappa shape index (κ1) is 30.3. The van der Waals surface area contributed by atoms with E-state index in [0.29, 0.717) is 31.7 Å². The number of amides is 2. The molecule has 0 saturated heterocycles. The second-order valence-corrected chi connectivity index (χ2v) is 12.0. The van der Waals surface area contributed by atoms with E-state index in [-0.39, 0.29) is 6.03 Å². The number of aromatic nitrogens is 1. The summed E-state index contributed by atoms with van der Waals surface area (Å²) in [6.07, 6.45) is 10.2. The van der Waals surface area contributed by atoms with E-state index in [0.717, 1.165) is 29.1 Å². The van der Waals surface area contributed by atoms with Gasteiger partial charge in [0.25, 0.3) is 0 Å². The standard InChI is InChI=1S/C37H44N4O2/c1-28(2)27-43-36-20-18-35(19-21-36)40-37(42)41(26-31-7-6-22-38-23-31)25-30-12-16-33(17-13-30)32-14-10-29(11-15-32)24-39-34-8-4-3-5-9-34/h6-7,10-23,28,34,39H,3-5,8-9,24-27H2,1-2H3,(H,40,42).